The molecule has 2 fully saturated rings. The fourth-order valence-electron chi connectivity index (χ4n) is 2.94. The Bertz CT molecular complexity index is 268. The Labute approximate surface area is 110 Å². The lowest BCUT2D eigenvalue weighted by atomic mass is 9.83. The van der Waals surface area contributed by atoms with E-state index in [2.05, 4.69) is 22.5 Å². The summed E-state index contributed by atoms with van der Waals surface area (Å²) in [5.74, 6) is 0.216. The summed E-state index contributed by atoms with van der Waals surface area (Å²) in [5, 5.41) is 6.53. The highest BCUT2D eigenvalue weighted by Crippen LogP contribution is 2.24. The molecule has 2 rings (SSSR count). The first-order valence-electron chi connectivity index (χ1n) is 7.38. The van der Waals surface area contributed by atoms with Gasteiger partial charge in [-0.05, 0) is 50.7 Å². The van der Waals surface area contributed by atoms with E-state index in [1.54, 1.807) is 0 Å². The van der Waals surface area contributed by atoms with Gasteiger partial charge in [-0.2, -0.15) is 0 Å². The van der Waals surface area contributed by atoms with Crippen LogP contribution in [0.1, 0.15) is 39.0 Å². The second kappa shape index (κ2) is 6.53. The van der Waals surface area contributed by atoms with Gasteiger partial charge in [-0.3, -0.25) is 4.79 Å². The molecule has 0 saturated carbocycles. The molecule has 0 bridgehead atoms. The lowest BCUT2D eigenvalue weighted by molar-refractivity contribution is -0.121. The van der Waals surface area contributed by atoms with E-state index in [9.17, 15) is 4.79 Å². The fourth-order valence-corrected chi connectivity index (χ4v) is 2.94. The first kappa shape index (κ1) is 13.8. The summed E-state index contributed by atoms with van der Waals surface area (Å²) < 4.78 is 0. The lowest BCUT2D eigenvalue weighted by Crippen LogP contribution is -2.46. The smallest absolute Gasteiger partial charge is 0.221 e. The number of nitrogens with one attached hydrogen (secondary N) is 2. The number of nitrogens with zero attached hydrogens (tertiary/aromatic N) is 1. The highest BCUT2D eigenvalue weighted by Gasteiger charge is 2.27. The minimum absolute atomic E-state index is 0.216. The van der Waals surface area contributed by atoms with Crippen molar-refractivity contribution in [3.05, 3.63) is 0 Å². The highest BCUT2D eigenvalue weighted by molar-refractivity contribution is 5.76. The molecule has 0 spiro atoms. The predicted molar refractivity (Wildman–Crippen MR) is 73.5 cm³/mol. The molecule has 18 heavy (non-hydrogen) atoms. The number of piperidine rings is 1. The Kier molecular flexibility index (Phi) is 5.01. The first-order chi connectivity index (χ1) is 8.68. The number of carbonyl (C=O) groups excluding carboxylic acids is 1. The van der Waals surface area contributed by atoms with Gasteiger partial charge in [0.1, 0.15) is 0 Å². The van der Waals surface area contributed by atoms with Crippen LogP contribution in [-0.2, 0) is 4.79 Å². The SMILES string of the molecule is CC1(CNC(=O)CCN2CCCC2)CCCNC1. The first-order valence-corrected chi connectivity index (χ1v) is 7.38. The van der Waals surface area contributed by atoms with Crippen LogP contribution in [-0.4, -0.2) is 50.1 Å². The Morgan fingerprint density at radius 1 is 1.33 bits per heavy atom. The third-order valence-corrected chi connectivity index (χ3v) is 4.25. The summed E-state index contributed by atoms with van der Waals surface area (Å²) in [6.45, 7) is 8.52. The molecule has 104 valence electrons. The lowest BCUT2D eigenvalue weighted by Gasteiger charge is -2.34. The monoisotopic (exact) mass is 253 g/mol. The number of amides is 1. The van der Waals surface area contributed by atoms with Crippen molar-refractivity contribution in [1.29, 1.82) is 0 Å². The van der Waals surface area contributed by atoms with Crippen LogP contribution in [0.5, 0.6) is 0 Å². The van der Waals surface area contributed by atoms with E-state index in [4.69, 9.17) is 0 Å². The van der Waals surface area contributed by atoms with E-state index in [0.29, 0.717) is 6.42 Å². The van der Waals surface area contributed by atoms with Crippen LogP contribution in [0.2, 0.25) is 0 Å². The highest BCUT2D eigenvalue weighted by atomic mass is 16.1. The standard InChI is InChI=1S/C14H27N3O/c1-14(6-4-7-15-11-14)12-16-13(18)5-10-17-8-2-3-9-17/h15H,2-12H2,1H3,(H,16,18). The van der Waals surface area contributed by atoms with Crippen molar-refractivity contribution >= 4 is 5.91 Å². The van der Waals surface area contributed by atoms with Gasteiger partial charge in [0.15, 0.2) is 0 Å². The van der Waals surface area contributed by atoms with E-state index in [-0.39, 0.29) is 11.3 Å². The second-order valence-electron chi connectivity index (χ2n) is 6.17. The largest absolute Gasteiger partial charge is 0.355 e. The molecule has 2 aliphatic heterocycles. The van der Waals surface area contributed by atoms with Crippen molar-refractivity contribution in [2.75, 3.05) is 39.3 Å². The average Bonchev–Trinajstić information content (AvgIpc) is 2.88. The number of likely N-dealkylation sites (tertiary alicyclic amines) is 1. The van der Waals surface area contributed by atoms with Gasteiger partial charge in [-0.1, -0.05) is 6.92 Å². The third kappa shape index (κ3) is 4.25. The van der Waals surface area contributed by atoms with Crippen LogP contribution in [0.4, 0.5) is 0 Å². The molecule has 0 aromatic carbocycles. The summed E-state index contributed by atoms with van der Waals surface area (Å²) in [6.07, 6.45) is 5.69. The van der Waals surface area contributed by atoms with Crippen molar-refractivity contribution in [3.63, 3.8) is 0 Å². The van der Waals surface area contributed by atoms with E-state index in [0.717, 1.165) is 26.2 Å². The molecule has 1 atom stereocenters. The van der Waals surface area contributed by atoms with Crippen molar-refractivity contribution in [3.8, 4) is 0 Å². The molecule has 2 saturated heterocycles. The maximum absolute atomic E-state index is 11.8. The van der Waals surface area contributed by atoms with Gasteiger partial charge in [0.25, 0.3) is 0 Å². The predicted octanol–water partition coefficient (Wildman–Crippen LogP) is 0.978. The average molecular weight is 253 g/mol. The van der Waals surface area contributed by atoms with Crippen LogP contribution in [0, 0.1) is 5.41 Å². The summed E-state index contributed by atoms with van der Waals surface area (Å²) in [7, 11) is 0. The van der Waals surface area contributed by atoms with Crippen molar-refractivity contribution in [2.24, 2.45) is 5.41 Å². The quantitative estimate of drug-likeness (QED) is 0.767. The maximum Gasteiger partial charge on any atom is 0.221 e. The minimum atomic E-state index is 0.216. The maximum atomic E-state index is 11.8. The number of hydrogen-bond acceptors (Lipinski definition) is 3. The van der Waals surface area contributed by atoms with E-state index in [1.165, 1.54) is 38.8 Å². The second-order valence-corrected chi connectivity index (χ2v) is 6.17. The van der Waals surface area contributed by atoms with Gasteiger partial charge in [0, 0.05) is 26.1 Å². The Balaban J connectivity index is 1.61. The van der Waals surface area contributed by atoms with E-state index < -0.39 is 0 Å². The van der Waals surface area contributed by atoms with Gasteiger partial charge in [0.05, 0.1) is 0 Å². The molecule has 1 amide bonds. The van der Waals surface area contributed by atoms with Gasteiger partial charge >= 0.3 is 0 Å². The zero-order chi connectivity index (χ0) is 12.8. The van der Waals surface area contributed by atoms with Gasteiger partial charge < -0.3 is 15.5 Å². The molecule has 4 heteroatoms. The Morgan fingerprint density at radius 3 is 2.78 bits per heavy atom. The van der Waals surface area contributed by atoms with Gasteiger partial charge in [-0.15, -0.1) is 0 Å². The summed E-state index contributed by atoms with van der Waals surface area (Å²) in [4.78, 5) is 14.2. The van der Waals surface area contributed by atoms with E-state index in [1.807, 2.05) is 0 Å². The third-order valence-electron chi connectivity index (χ3n) is 4.25. The van der Waals surface area contributed by atoms with Crippen molar-refractivity contribution in [2.45, 2.75) is 39.0 Å². The molecule has 1 unspecified atom stereocenters. The molecule has 0 aromatic heterocycles. The van der Waals surface area contributed by atoms with Crippen LogP contribution in [0.15, 0.2) is 0 Å². The molecular formula is C14H27N3O. The Morgan fingerprint density at radius 2 is 2.11 bits per heavy atom. The van der Waals surface area contributed by atoms with Gasteiger partial charge in [0.2, 0.25) is 5.91 Å². The number of carbonyl (C=O) groups is 1. The van der Waals surface area contributed by atoms with Crippen LogP contribution in [0.3, 0.4) is 0 Å². The molecule has 2 N–H and O–H groups in total. The zero-order valence-electron chi connectivity index (χ0n) is 11.6. The molecule has 2 heterocycles. The number of hydrogen-bond donors (Lipinski definition) is 2. The molecule has 0 radical (unpaired) electrons. The fraction of sp³-hybridized carbons (Fsp3) is 0.929. The summed E-state index contributed by atoms with van der Waals surface area (Å²) >= 11 is 0. The summed E-state index contributed by atoms with van der Waals surface area (Å²) in [5.41, 5.74) is 0.252. The molecular weight excluding hydrogens is 226 g/mol. The summed E-state index contributed by atoms with van der Waals surface area (Å²) in [6, 6.07) is 0. The van der Waals surface area contributed by atoms with Crippen molar-refractivity contribution < 1.29 is 4.79 Å². The van der Waals surface area contributed by atoms with E-state index >= 15 is 0 Å². The van der Waals surface area contributed by atoms with Crippen LogP contribution in [0.25, 0.3) is 0 Å². The van der Waals surface area contributed by atoms with Gasteiger partial charge in [-0.25, -0.2) is 0 Å². The normalized spacial score (nSPS) is 29.4. The molecule has 2 aliphatic rings. The van der Waals surface area contributed by atoms with Crippen LogP contribution < -0.4 is 10.6 Å². The molecule has 0 aliphatic carbocycles. The minimum Gasteiger partial charge on any atom is -0.355 e. The zero-order valence-corrected chi connectivity index (χ0v) is 11.6. The molecule has 4 nitrogen and oxygen atoms in total. The Hall–Kier alpha value is -0.610. The number of rotatable bonds is 5. The molecule has 0 aromatic rings. The topological polar surface area (TPSA) is 44.4 Å². The van der Waals surface area contributed by atoms with Crippen LogP contribution >= 0.6 is 0 Å². The van der Waals surface area contributed by atoms with Crippen molar-refractivity contribution in [1.82, 2.24) is 15.5 Å².